The highest BCUT2D eigenvalue weighted by atomic mass is 79.9. The van der Waals surface area contributed by atoms with Gasteiger partial charge in [-0.05, 0) is 48.4 Å². The third-order valence-corrected chi connectivity index (χ3v) is 2.97. The van der Waals surface area contributed by atoms with Crippen LogP contribution >= 0.6 is 17.0 Å². The Labute approximate surface area is 129 Å². The summed E-state index contributed by atoms with van der Waals surface area (Å²) in [7, 11) is 1.66. The van der Waals surface area contributed by atoms with Gasteiger partial charge in [-0.25, -0.2) is 4.39 Å². The van der Waals surface area contributed by atoms with Gasteiger partial charge in [-0.15, -0.1) is 17.0 Å². The van der Waals surface area contributed by atoms with E-state index in [1.165, 1.54) is 11.6 Å². The van der Waals surface area contributed by atoms with E-state index in [1.54, 1.807) is 19.2 Å². The molecule has 0 radical (unpaired) electrons. The van der Waals surface area contributed by atoms with Crippen molar-refractivity contribution in [2.24, 2.45) is 0 Å². The fourth-order valence-electron chi connectivity index (χ4n) is 1.90. The largest absolute Gasteiger partial charge is 0.497 e. The average molecular weight is 340 g/mol. The molecule has 2 aromatic carbocycles. The monoisotopic (exact) mass is 339 g/mol. The predicted octanol–water partition coefficient (Wildman–Crippen LogP) is 3.74. The predicted molar refractivity (Wildman–Crippen MR) is 85.1 cm³/mol. The van der Waals surface area contributed by atoms with Crippen LogP contribution < -0.4 is 10.1 Å². The standard InChI is InChI=1S/C16H18FNO.BrH/c1-19-16-7-5-13(6-8-16)9-10-18-12-14-3-2-4-15(17)11-14;/h2-8,11,18H,9-10,12H2,1H3;1H. The summed E-state index contributed by atoms with van der Waals surface area (Å²) < 4.78 is 18.1. The van der Waals surface area contributed by atoms with Crippen molar-refractivity contribution in [3.63, 3.8) is 0 Å². The molecule has 0 aliphatic rings. The molecule has 20 heavy (non-hydrogen) atoms. The zero-order chi connectivity index (χ0) is 13.5. The quantitative estimate of drug-likeness (QED) is 0.809. The van der Waals surface area contributed by atoms with Crippen LogP contribution in [0.2, 0.25) is 0 Å². The maximum atomic E-state index is 13.0. The van der Waals surface area contributed by atoms with Crippen LogP contribution in [-0.4, -0.2) is 13.7 Å². The van der Waals surface area contributed by atoms with E-state index in [2.05, 4.69) is 17.4 Å². The van der Waals surface area contributed by atoms with Crippen LogP contribution in [0.5, 0.6) is 5.75 Å². The molecule has 0 saturated carbocycles. The van der Waals surface area contributed by atoms with Gasteiger partial charge in [0.1, 0.15) is 11.6 Å². The van der Waals surface area contributed by atoms with Gasteiger partial charge >= 0.3 is 0 Å². The summed E-state index contributed by atoms with van der Waals surface area (Å²) in [5, 5.41) is 3.31. The lowest BCUT2D eigenvalue weighted by atomic mass is 10.1. The van der Waals surface area contributed by atoms with Crippen molar-refractivity contribution >= 4 is 17.0 Å². The molecule has 0 unspecified atom stereocenters. The van der Waals surface area contributed by atoms with Crippen molar-refractivity contribution in [2.75, 3.05) is 13.7 Å². The van der Waals surface area contributed by atoms with Crippen LogP contribution in [0.15, 0.2) is 48.5 Å². The van der Waals surface area contributed by atoms with E-state index >= 15 is 0 Å². The van der Waals surface area contributed by atoms with E-state index in [4.69, 9.17) is 4.74 Å². The summed E-state index contributed by atoms with van der Waals surface area (Å²) in [6.07, 6.45) is 0.944. The Morgan fingerprint density at radius 3 is 2.45 bits per heavy atom. The molecular weight excluding hydrogens is 321 g/mol. The molecule has 1 N–H and O–H groups in total. The maximum absolute atomic E-state index is 13.0. The topological polar surface area (TPSA) is 21.3 Å². The molecule has 0 aliphatic heterocycles. The van der Waals surface area contributed by atoms with Gasteiger partial charge in [-0.1, -0.05) is 24.3 Å². The van der Waals surface area contributed by atoms with Gasteiger partial charge in [-0.2, -0.15) is 0 Å². The number of benzene rings is 2. The molecular formula is C16H19BrFNO. The minimum atomic E-state index is -0.186. The molecule has 0 heterocycles. The van der Waals surface area contributed by atoms with Gasteiger partial charge in [0, 0.05) is 6.54 Å². The van der Waals surface area contributed by atoms with E-state index in [0.717, 1.165) is 24.3 Å². The summed E-state index contributed by atoms with van der Waals surface area (Å²) in [5.74, 6) is 0.686. The smallest absolute Gasteiger partial charge is 0.123 e. The van der Waals surface area contributed by atoms with Crippen LogP contribution in [0.3, 0.4) is 0 Å². The van der Waals surface area contributed by atoms with Gasteiger partial charge < -0.3 is 10.1 Å². The molecule has 2 aromatic rings. The van der Waals surface area contributed by atoms with Crippen molar-refractivity contribution in [1.29, 1.82) is 0 Å². The Bertz CT molecular complexity index is 516. The molecule has 0 aromatic heterocycles. The number of rotatable bonds is 6. The zero-order valence-electron chi connectivity index (χ0n) is 11.4. The summed E-state index contributed by atoms with van der Waals surface area (Å²) in [6.45, 7) is 1.55. The molecule has 0 bridgehead atoms. The van der Waals surface area contributed by atoms with Crippen molar-refractivity contribution < 1.29 is 9.13 Å². The lowest BCUT2D eigenvalue weighted by molar-refractivity contribution is 0.414. The summed E-state index contributed by atoms with van der Waals surface area (Å²) >= 11 is 0. The van der Waals surface area contributed by atoms with Crippen molar-refractivity contribution in [3.05, 3.63) is 65.5 Å². The average Bonchev–Trinajstić information content (AvgIpc) is 2.44. The normalized spacial score (nSPS) is 9.90. The molecule has 4 heteroatoms. The summed E-state index contributed by atoms with van der Waals surface area (Å²) in [4.78, 5) is 0. The van der Waals surface area contributed by atoms with E-state index in [-0.39, 0.29) is 22.8 Å². The number of ether oxygens (including phenoxy) is 1. The first-order chi connectivity index (χ1) is 9.28. The molecule has 0 amide bonds. The van der Waals surface area contributed by atoms with E-state index in [9.17, 15) is 4.39 Å². The van der Waals surface area contributed by atoms with Crippen LogP contribution in [-0.2, 0) is 13.0 Å². The second-order valence-corrected chi connectivity index (χ2v) is 4.40. The number of hydrogen-bond donors (Lipinski definition) is 1. The Morgan fingerprint density at radius 2 is 1.80 bits per heavy atom. The first-order valence-corrected chi connectivity index (χ1v) is 6.36. The fourth-order valence-corrected chi connectivity index (χ4v) is 1.90. The van der Waals surface area contributed by atoms with Crippen LogP contribution in [0, 0.1) is 5.82 Å². The first kappa shape index (κ1) is 16.7. The Balaban J connectivity index is 0.00000200. The minimum absolute atomic E-state index is 0. The third-order valence-electron chi connectivity index (χ3n) is 2.97. The first-order valence-electron chi connectivity index (χ1n) is 6.36. The Kier molecular flexibility index (Phi) is 7.26. The number of methoxy groups -OCH3 is 1. The molecule has 108 valence electrons. The zero-order valence-corrected chi connectivity index (χ0v) is 13.1. The second-order valence-electron chi connectivity index (χ2n) is 4.40. The maximum Gasteiger partial charge on any atom is 0.123 e. The number of hydrogen-bond acceptors (Lipinski definition) is 2. The molecule has 0 fully saturated rings. The van der Waals surface area contributed by atoms with Gasteiger partial charge in [0.15, 0.2) is 0 Å². The van der Waals surface area contributed by atoms with E-state index in [0.29, 0.717) is 6.54 Å². The van der Waals surface area contributed by atoms with Crippen LogP contribution in [0.25, 0.3) is 0 Å². The molecule has 0 saturated heterocycles. The van der Waals surface area contributed by atoms with Crippen molar-refractivity contribution in [1.82, 2.24) is 5.32 Å². The molecule has 2 rings (SSSR count). The fraction of sp³-hybridized carbons (Fsp3) is 0.250. The lowest BCUT2D eigenvalue weighted by Gasteiger charge is -2.06. The highest BCUT2D eigenvalue weighted by Gasteiger charge is 1.97. The van der Waals surface area contributed by atoms with Crippen molar-refractivity contribution in [2.45, 2.75) is 13.0 Å². The summed E-state index contributed by atoms with van der Waals surface area (Å²) in [6, 6.07) is 14.7. The minimum Gasteiger partial charge on any atom is -0.497 e. The SMILES string of the molecule is Br.COc1ccc(CCNCc2cccc(F)c2)cc1. The van der Waals surface area contributed by atoms with Gasteiger partial charge in [-0.3, -0.25) is 0 Å². The lowest BCUT2D eigenvalue weighted by Crippen LogP contribution is -2.16. The van der Waals surface area contributed by atoms with E-state index in [1.807, 2.05) is 18.2 Å². The summed E-state index contributed by atoms with van der Waals surface area (Å²) in [5.41, 5.74) is 2.22. The van der Waals surface area contributed by atoms with Gasteiger partial charge in [0.25, 0.3) is 0 Å². The molecule has 0 atom stereocenters. The third kappa shape index (κ3) is 5.31. The molecule has 0 aliphatic carbocycles. The second kappa shape index (κ2) is 8.72. The van der Waals surface area contributed by atoms with Crippen LogP contribution in [0.1, 0.15) is 11.1 Å². The Hall–Kier alpha value is -1.39. The van der Waals surface area contributed by atoms with Crippen molar-refractivity contribution in [3.8, 4) is 5.75 Å². The highest BCUT2D eigenvalue weighted by molar-refractivity contribution is 8.93. The Morgan fingerprint density at radius 1 is 1.05 bits per heavy atom. The number of halogens is 2. The molecule has 2 nitrogen and oxygen atoms in total. The van der Waals surface area contributed by atoms with E-state index < -0.39 is 0 Å². The highest BCUT2D eigenvalue weighted by Crippen LogP contribution is 2.11. The van der Waals surface area contributed by atoms with Gasteiger partial charge in [0.2, 0.25) is 0 Å². The molecule has 0 spiro atoms. The van der Waals surface area contributed by atoms with Crippen LogP contribution in [0.4, 0.5) is 4.39 Å². The number of nitrogens with one attached hydrogen (secondary N) is 1. The van der Waals surface area contributed by atoms with Gasteiger partial charge in [0.05, 0.1) is 7.11 Å².